The monoisotopic (exact) mass is 338 g/mol. The Morgan fingerprint density at radius 3 is 2.64 bits per heavy atom. The van der Waals surface area contributed by atoms with Gasteiger partial charge in [-0.25, -0.2) is 0 Å². The van der Waals surface area contributed by atoms with Crippen molar-refractivity contribution in [3.05, 3.63) is 59.0 Å². The van der Waals surface area contributed by atoms with Crippen LogP contribution in [-0.2, 0) is 6.54 Å². The predicted molar refractivity (Wildman–Crippen MR) is 99.6 cm³/mol. The van der Waals surface area contributed by atoms with Gasteiger partial charge in [0.2, 0.25) is 5.88 Å². The molecule has 25 heavy (non-hydrogen) atoms. The van der Waals surface area contributed by atoms with Gasteiger partial charge in [0.05, 0.1) is 18.7 Å². The summed E-state index contributed by atoms with van der Waals surface area (Å²) in [7, 11) is 0. The van der Waals surface area contributed by atoms with Crippen molar-refractivity contribution in [1.82, 2.24) is 4.57 Å². The molecule has 1 heterocycles. The summed E-state index contributed by atoms with van der Waals surface area (Å²) in [5, 5.41) is 14.1. The van der Waals surface area contributed by atoms with Crippen LogP contribution in [0, 0.1) is 4.91 Å². The molecule has 0 bridgehead atoms. The molecule has 5 nitrogen and oxygen atoms in total. The van der Waals surface area contributed by atoms with E-state index in [0.29, 0.717) is 18.5 Å². The molecule has 5 heteroatoms. The average molecular weight is 338 g/mol. The minimum absolute atomic E-state index is 0.0805. The summed E-state index contributed by atoms with van der Waals surface area (Å²) in [4.78, 5) is 11.1. The van der Waals surface area contributed by atoms with Crippen molar-refractivity contribution in [2.24, 2.45) is 5.18 Å². The van der Waals surface area contributed by atoms with E-state index in [0.717, 1.165) is 36.1 Å². The Hall–Kier alpha value is -2.82. The lowest BCUT2D eigenvalue weighted by Crippen LogP contribution is -2.04. The minimum Gasteiger partial charge on any atom is -0.493 e. The Kier molecular flexibility index (Phi) is 5.33. The van der Waals surface area contributed by atoms with Gasteiger partial charge in [-0.15, -0.1) is 4.91 Å². The number of rotatable bonds is 8. The Balaban J connectivity index is 1.92. The van der Waals surface area contributed by atoms with Crippen LogP contribution in [-0.4, -0.2) is 16.3 Å². The second kappa shape index (κ2) is 7.83. The van der Waals surface area contributed by atoms with E-state index in [1.807, 2.05) is 42.5 Å². The van der Waals surface area contributed by atoms with E-state index in [4.69, 9.17) is 4.74 Å². The van der Waals surface area contributed by atoms with E-state index in [1.165, 1.54) is 0 Å². The summed E-state index contributed by atoms with van der Waals surface area (Å²) in [6, 6.07) is 15.1. The summed E-state index contributed by atoms with van der Waals surface area (Å²) in [5.41, 5.74) is 1.81. The highest BCUT2D eigenvalue weighted by atomic mass is 16.5. The number of ether oxygens (including phenoxy) is 1. The number of hydrogen-bond acceptors (Lipinski definition) is 4. The van der Waals surface area contributed by atoms with E-state index in [1.54, 1.807) is 10.6 Å². The lowest BCUT2D eigenvalue weighted by atomic mass is 10.2. The zero-order chi connectivity index (χ0) is 17.6. The molecule has 0 saturated heterocycles. The number of aromatic hydroxyl groups is 1. The number of para-hydroxylation sites is 2. The molecule has 0 aliphatic rings. The second-order valence-corrected chi connectivity index (χ2v) is 6.03. The number of unbranched alkanes of at least 4 members (excludes halogenated alkanes) is 2. The van der Waals surface area contributed by atoms with Crippen molar-refractivity contribution in [2.75, 3.05) is 6.61 Å². The summed E-state index contributed by atoms with van der Waals surface area (Å²) >= 11 is 0. The van der Waals surface area contributed by atoms with E-state index < -0.39 is 0 Å². The van der Waals surface area contributed by atoms with Gasteiger partial charge in [0.15, 0.2) is 5.69 Å². The minimum atomic E-state index is -0.114. The summed E-state index contributed by atoms with van der Waals surface area (Å²) < 4.78 is 7.61. The molecule has 0 unspecified atom stereocenters. The first-order valence-electron chi connectivity index (χ1n) is 8.60. The Labute approximate surface area is 146 Å². The van der Waals surface area contributed by atoms with Gasteiger partial charge in [0.1, 0.15) is 5.75 Å². The van der Waals surface area contributed by atoms with Crippen LogP contribution >= 0.6 is 0 Å². The molecular formula is C20H22N2O3. The number of aromatic nitrogens is 1. The molecule has 0 saturated carbocycles. The first-order chi connectivity index (χ1) is 12.3. The van der Waals surface area contributed by atoms with Crippen molar-refractivity contribution < 1.29 is 9.84 Å². The van der Waals surface area contributed by atoms with Crippen LogP contribution in [0.2, 0.25) is 0 Å². The van der Waals surface area contributed by atoms with Gasteiger partial charge < -0.3 is 14.4 Å². The number of hydrogen-bond donors (Lipinski definition) is 1. The highest BCUT2D eigenvalue weighted by Crippen LogP contribution is 2.39. The van der Waals surface area contributed by atoms with Crippen LogP contribution in [0.25, 0.3) is 10.9 Å². The number of benzene rings is 2. The first kappa shape index (κ1) is 17.0. The van der Waals surface area contributed by atoms with Gasteiger partial charge in [-0.1, -0.05) is 56.2 Å². The third-order valence-corrected chi connectivity index (χ3v) is 4.32. The lowest BCUT2D eigenvalue weighted by Gasteiger charge is -2.13. The van der Waals surface area contributed by atoms with Crippen LogP contribution in [0.1, 0.15) is 31.7 Å². The van der Waals surface area contributed by atoms with Gasteiger partial charge in [0.25, 0.3) is 0 Å². The maximum absolute atomic E-state index is 11.1. The molecule has 0 fully saturated rings. The Morgan fingerprint density at radius 2 is 1.84 bits per heavy atom. The summed E-state index contributed by atoms with van der Waals surface area (Å²) in [6.07, 6.45) is 3.30. The van der Waals surface area contributed by atoms with Crippen LogP contribution < -0.4 is 4.74 Å². The molecule has 0 aliphatic carbocycles. The molecule has 130 valence electrons. The quantitative estimate of drug-likeness (QED) is 0.444. The molecule has 0 spiro atoms. The van der Waals surface area contributed by atoms with Crippen LogP contribution in [0.5, 0.6) is 11.6 Å². The molecule has 0 radical (unpaired) electrons. The first-order valence-corrected chi connectivity index (χ1v) is 8.60. The van der Waals surface area contributed by atoms with Gasteiger partial charge in [-0.3, -0.25) is 0 Å². The number of nitroso groups, excluding NO2 is 1. The van der Waals surface area contributed by atoms with Crippen molar-refractivity contribution >= 4 is 16.6 Å². The smallest absolute Gasteiger partial charge is 0.222 e. The van der Waals surface area contributed by atoms with Crippen LogP contribution in [0.3, 0.4) is 0 Å². The maximum atomic E-state index is 11.1. The zero-order valence-electron chi connectivity index (χ0n) is 14.3. The van der Waals surface area contributed by atoms with Gasteiger partial charge in [-0.05, 0) is 23.7 Å². The van der Waals surface area contributed by atoms with Crippen molar-refractivity contribution in [3.8, 4) is 11.6 Å². The Bertz CT molecular complexity index is 871. The van der Waals surface area contributed by atoms with Crippen LogP contribution in [0.15, 0.2) is 53.7 Å². The van der Waals surface area contributed by atoms with E-state index >= 15 is 0 Å². The highest BCUT2D eigenvalue weighted by molar-refractivity contribution is 5.95. The van der Waals surface area contributed by atoms with Gasteiger partial charge >= 0.3 is 0 Å². The van der Waals surface area contributed by atoms with E-state index in [2.05, 4.69) is 12.1 Å². The van der Waals surface area contributed by atoms with Crippen molar-refractivity contribution in [2.45, 2.75) is 32.7 Å². The molecule has 1 N–H and O–H groups in total. The molecule has 3 rings (SSSR count). The number of nitrogens with zero attached hydrogens (tertiary/aromatic N) is 2. The molecule has 3 aromatic rings. The van der Waals surface area contributed by atoms with Gasteiger partial charge in [-0.2, -0.15) is 0 Å². The van der Waals surface area contributed by atoms with E-state index in [9.17, 15) is 10.0 Å². The fraction of sp³-hybridized carbons (Fsp3) is 0.300. The van der Waals surface area contributed by atoms with Gasteiger partial charge in [0, 0.05) is 10.9 Å². The molecular weight excluding hydrogens is 316 g/mol. The summed E-state index contributed by atoms with van der Waals surface area (Å²) in [6.45, 7) is 3.24. The average Bonchev–Trinajstić information content (AvgIpc) is 2.91. The molecule has 0 amide bonds. The third-order valence-electron chi connectivity index (χ3n) is 4.32. The number of fused-ring (bicyclic) bond motifs is 1. The fourth-order valence-electron chi connectivity index (χ4n) is 3.00. The maximum Gasteiger partial charge on any atom is 0.222 e. The topological polar surface area (TPSA) is 63.8 Å². The standard InChI is InChI=1S/C20H22N2O3/c1-2-3-8-13-25-18-12-7-4-9-15(18)14-22-17-11-6-5-10-16(17)19(21-24)20(22)23/h4-7,9-12,23H,2-3,8,13-14H2,1H3. The normalized spacial score (nSPS) is 10.9. The highest BCUT2D eigenvalue weighted by Gasteiger charge is 2.18. The Morgan fingerprint density at radius 1 is 1.08 bits per heavy atom. The lowest BCUT2D eigenvalue weighted by molar-refractivity contribution is 0.302. The zero-order valence-corrected chi connectivity index (χ0v) is 14.3. The molecule has 1 aromatic heterocycles. The molecule has 0 atom stereocenters. The second-order valence-electron chi connectivity index (χ2n) is 6.03. The van der Waals surface area contributed by atoms with E-state index in [-0.39, 0.29) is 11.6 Å². The largest absolute Gasteiger partial charge is 0.493 e. The van der Waals surface area contributed by atoms with Crippen molar-refractivity contribution in [3.63, 3.8) is 0 Å². The predicted octanol–water partition coefficient (Wildman–Crippen LogP) is 5.36. The fourth-order valence-corrected chi connectivity index (χ4v) is 3.00. The summed E-state index contributed by atoms with van der Waals surface area (Å²) in [5.74, 6) is 0.688. The van der Waals surface area contributed by atoms with Crippen molar-refractivity contribution in [1.29, 1.82) is 0 Å². The molecule has 2 aromatic carbocycles. The third kappa shape index (κ3) is 3.50. The SMILES string of the molecule is CCCCCOc1ccccc1Cn1c(O)c(N=O)c2ccccc21. The molecule has 0 aliphatic heterocycles. The van der Waals surface area contributed by atoms with Crippen LogP contribution in [0.4, 0.5) is 5.69 Å².